The zero-order valence-electron chi connectivity index (χ0n) is 9.59. The fourth-order valence-electron chi connectivity index (χ4n) is 1.90. The van der Waals surface area contributed by atoms with Crippen molar-refractivity contribution in [2.75, 3.05) is 0 Å². The van der Waals surface area contributed by atoms with Gasteiger partial charge in [0.25, 0.3) is 10.1 Å². The van der Waals surface area contributed by atoms with Crippen molar-refractivity contribution in [2.24, 2.45) is 0 Å². The van der Waals surface area contributed by atoms with Crippen LogP contribution in [0.3, 0.4) is 0 Å². The molecular weight excluding hydrogens is 272 g/mol. The lowest BCUT2D eigenvalue weighted by Crippen LogP contribution is -2.02. The summed E-state index contributed by atoms with van der Waals surface area (Å²) >= 11 is 6.11. The van der Waals surface area contributed by atoms with E-state index in [0.29, 0.717) is 16.1 Å². The summed E-state index contributed by atoms with van der Waals surface area (Å²) in [4.78, 5) is -0.120. The van der Waals surface area contributed by atoms with Gasteiger partial charge in [-0.2, -0.15) is 8.42 Å². The van der Waals surface area contributed by atoms with Crippen LogP contribution >= 0.6 is 11.6 Å². The summed E-state index contributed by atoms with van der Waals surface area (Å²) in [5.41, 5.74) is 1.87. The fraction of sp³-hybridized carbons (Fsp3) is 0.0769. The Balaban J connectivity index is 2.76. The van der Waals surface area contributed by atoms with Gasteiger partial charge in [0.15, 0.2) is 0 Å². The van der Waals surface area contributed by atoms with E-state index in [9.17, 15) is 8.42 Å². The van der Waals surface area contributed by atoms with Crippen LogP contribution in [-0.4, -0.2) is 13.0 Å². The molecule has 3 nitrogen and oxygen atoms in total. The standard InChI is InChI=1S/C13H11ClO3S/c1-9-12(18(15,16)17)8-7-11(14)13(9)10-5-3-2-4-6-10/h2-8H,1H3,(H,15,16,17). The predicted molar refractivity (Wildman–Crippen MR) is 71.4 cm³/mol. The number of hydrogen-bond donors (Lipinski definition) is 1. The molecule has 0 saturated heterocycles. The molecule has 94 valence electrons. The van der Waals surface area contributed by atoms with Crippen LogP contribution in [0.4, 0.5) is 0 Å². The lowest BCUT2D eigenvalue weighted by Gasteiger charge is -2.11. The summed E-state index contributed by atoms with van der Waals surface area (Å²) in [5.74, 6) is 0. The Hall–Kier alpha value is -1.36. The third-order valence-corrected chi connectivity index (χ3v) is 4.02. The van der Waals surface area contributed by atoms with Crippen molar-refractivity contribution in [1.29, 1.82) is 0 Å². The zero-order valence-corrected chi connectivity index (χ0v) is 11.2. The predicted octanol–water partition coefficient (Wildman–Crippen LogP) is 3.56. The molecule has 0 unspecified atom stereocenters. The third-order valence-electron chi connectivity index (χ3n) is 2.70. The lowest BCUT2D eigenvalue weighted by atomic mass is 10.0. The first-order valence-electron chi connectivity index (χ1n) is 5.23. The summed E-state index contributed by atoms with van der Waals surface area (Å²) in [5, 5.41) is 0.450. The quantitative estimate of drug-likeness (QED) is 0.857. The second-order valence-corrected chi connectivity index (χ2v) is 5.68. The van der Waals surface area contributed by atoms with Gasteiger partial charge < -0.3 is 0 Å². The molecule has 2 rings (SSSR count). The summed E-state index contributed by atoms with van der Waals surface area (Å²) < 4.78 is 31.7. The van der Waals surface area contributed by atoms with Crippen molar-refractivity contribution in [2.45, 2.75) is 11.8 Å². The first kappa shape index (κ1) is 13.1. The van der Waals surface area contributed by atoms with Crippen LogP contribution in [0.1, 0.15) is 5.56 Å². The van der Waals surface area contributed by atoms with Gasteiger partial charge in [0.1, 0.15) is 0 Å². The van der Waals surface area contributed by atoms with Gasteiger partial charge in [-0.3, -0.25) is 4.55 Å². The molecule has 0 aliphatic rings. The van der Waals surface area contributed by atoms with E-state index in [1.807, 2.05) is 30.3 Å². The molecular formula is C13H11ClO3S. The van der Waals surface area contributed by atoms with Gasteiger partial charge in [0.05, 0.1) is 4.90 Å². The van der Waals surface area contributed by atoms with Gasteiger partial charge in [-0.05, 0) is 30.2 Å². The Kier molecular flexibility index (Phi) is 3.43. The monoisotopic (exact) mass is 282 g/mol. The number of rotatable bonds is 2. The van der Waals surface area contributed by atoms with Crippen molar-refractivity contribution >= 4 is 21.7 Å². The van der Waals surface area contributed by atoms with Crippen LogP contribution in [-0.2, 0) is 10.1 Å². The number of benzene rings is 2. The van der Waals surface area contributed by atoms with Crippen molar-refractivity contribution < 1.29 is 13.0 Å². The number of halogens is 1. The van der Waals surface area contributed by atoms with Crippen LogP contribution in [0.25, 0.3) is 11.1 Å². The van der Waals surface area contributed by atoms with Gasteiger partial charge in [-0.25, -0.2) is 0 Å². The first-order chi connectivity index (χ1) is 8.41. The molecule has 0 saturated carbocycles. The molecule has 0 fully saturated rings. The first-order valence-corrected chi connectivity index (χ1v) is 7.05. The maximum atomic E-state index is 11.3. The second kappa shape index (κ2) is 4.72. The summed E-state index contributed by atoms with van der Waals surface area (Å²) in [6.45, 7) is 1.62. The highest BCUT2D eigenvalue weighted by Gasteiger charge is 2.18. The molecule has 0 spiro atoms. The van der Waals surface area contributed by atoms with Crippen molar-refractivity contribution in [3.8, 4) is 11.1 Å². The van der Waals surface area contributed by atoms with Gasteiger partial charge >= 0.3 is 0 Å². The average Bonchev–Trinajstić information content (AvgIpc) is 2.28. The molecule has 2 aromatic rings. The minimum absolute atomic E-state index is 0.120. The van der Waals surface area contributed by atoms with E-state index in [1.165, 1.54) is 12.1 Å². The Morgan fingerprint density at radius 1 is 1.06 bits per heavy atom. The van der Waals surface area contributed by atoms with E-state index in [2.05, 4.69) is 0 Å². The van der Waals surface area contributed by atoms with Crippen LogP contribution in [0.15, 0.2) is 47.4 Å². The fourth-order valence-corrected chi connectivity index (χ4v) is 2.94. The Bertz CT molecular complexity index is 679. The normalized spacial score (nSPS) is 11.5. The van der Waals surface area contributed by atoms with Gasteiger partial charge in [-0.15, -0.1) is 0 Å². The van der Waals surface area contributed by atoms with Crippen molar-refractivity contribution in [1.82, 2.24) is 0 Å². The largest absolute Gasteiger partial charge is 0.294 e. The molecule has 0 aliphatic heterocycles. The molecule has 0 atom stereocenters. The SMILES string of the molecule is Cc1c(S(=O)(=O)O)ccc(Cl)c1-c1ccccc1. The van der Waals surface area contributed by atoms with E-state index < -0.39 is 10.1 Å². The van der Waals surface area contributed by atoms with Gasteiger partial charge in [0, 0.05) is 10.6 Å². The number of hydrogen-bond acceptors (Lipinski definition) is 2. The molecule has 0 heterocycles. The maximum Gasteiger partial charge on any atom is 0.294 e. The van der Waals surface area contributed by atoms with Crippen molar-refractivity contribution in [3.63, 3.8) is 0 Å². The zero-order chi connectivity index (χ0) is 13.3. The van der Waals surface area contributed by atoms with Crippen LogP contribution in [0.5, 0.6) is 0 Å². The Labute approximate surface area is 111 Å². The Morgan fingerprint density at radius 2 is 1.67 bits per heavy atom. The average molecular weight is 283 g/mol. The summed E-state index contributed by atoms with van der Waals surface area (Å²) in [7, 11) is -4.24. The van der Waals surface area contributed by atoms with E-state index in [0.717, 1.165) is 5.56 Å². The van der Waals surface area contributed by atoms with E-state index in [4.69, 9.17) is 16.2 Å². The van der Waals surface area contributed by atoms with E-state index >= 15 is 0 Å². The van der Waals surface area contributed by atoms with E-state index in [1.54, 1.807) is 6.92 Å². The molecule has 0 radical (unpaired) electrons. The Morgan fingerprint density at radius 3 is 2.22 bits per heavy atom. The molecule has 1 N–H and O–H groups in total. The highest BCUT2D eigenvalue weighted by molar-refractivity contribution is 7.85. The van der Waals surface area contributed by atoms with Crippen LogP contribution in [0, 0.1) is 6.92 Å². The molecule has 0 bridgehead atoms. The third kappa shape index (κ3) is 2.41. The lowest BCUT2D eigenvalue weighted by molar-refractivity contribution is 0.482. The van der Waals surface area contributed by atoms with Crippen LogP contribution in [0.2, 0.25) is 5.02 Å². The van der Waals surface area contributed by atoms with Gasteiger partial charge in [-0.1, -0.05) is 41.9 Å². The second-order valence-electron chi connectivity index (χ2n) is 3.89. The molecule has 5 heteroatoms. The van der Waals surface area contributed by atoms with Crippen molar-refractivity contribution in [3.05, 3.63) is 53.1 Å². The summed E-state index contributed by atoms with van der Waals surface area (Å²) in [6, 6.07) is 12.0. The molecule has 0 aromatic heterocycles. The minimum Gasteiger partial charge on any atom is -0.282 e. The molecule has 0 amide bonds. The minimum atomic E-state index is -4.24. The summed E-state index contributed by atoms with van der Waals surface area (Å²) in [6.07, 6.45) is 0. The molecule has 0 aliphatic carbocycles. The molecule has 2 aromatic carbocycles. The van der Waals surface area contributed by atoms with Crippen LogP contribution < -0.4 is 0 Å². The topological polar surface area (TPSA) is 54.4 Å². The smallest absolute Gasteiger partial charge is 0.282 e. The molecule has 18 heavy (non-hydrogen) atoms. The van der Waals surface area contributed by atoms with Gasteiger partial charge in [0.2, 0.25) is 0 Å². The highest BCUT2D eigenvalue weighted by Crippen LogP contribution is 2.34. The maximum absolute atomic E-state index is 11.3. The highest BCUT2D eigenvalue weighted by atomic mass is 35.5. The van der Waals surface area contributed by atoms with E-state index in [-0.39, 0.29) is 4.90 Å².